The minimum absolute atomic E-state index is 0.0429. The standard InChI is InChI=1S/C14H20BrNO2/c1-4-14(5-2,9-17)16-13(18)11-7-6-10(3)12(15)8-11/h6-8,17H,4-5,9H2,1-3H3,(H,16,18). The van der Waals surface area contributed by atoms with E-state index >= 15 is 0 Å². The van der Waals surface area contributed by atoms with E-state index in [1.807, 2.05) is 26.8 Å². The Bertz CT molecular complexity index is 420. The third kappa shape index (κ3) is 3.33. The van der Waals surface area contributed by atoms with Crippen LogP contribution in [0.15, 0.2) is 22.7 Å². The van der Waals surface area contributed by atoms with Crippen LogP contribution in [-0.2, 0) is 0 Å². The van der Waals surface area contributed by atoms with Gasteiger partial charge in [0.2, 0.25) is 0 Å². The number of nitrogens with one attached hydrogen (secondary N) is 1. The van der Waals surface area contributed by atoms with E-state index in [-0.39, 0.29) is 12.5 Å². The van der Waals surface area contributed by atoms with Gasteiger partial charge in [0.05, 0.1) is 12.1 Å². The predicted molar refractivity (Wildman–Crippen MR) is 76.7 cm³/mol. The molecule has 0 fully saturated rings. The van der Waals surface area contributed by atoms with Gasteiger partial charge < -0.3 is 10.4 Å². The van der Waals surface area contributed by atoms with Crippen molar-refractivity contribution >= 4 is 21.8 Å². The average molecular weight is 314 g/mol. The molecule has 0 aromatic heterocycles. The lowest BCUT2D eigenvalue weighted by molar-refractivity contribution is 0.0818. The van der Waals surface area contributed by atoms with Crippen LogP contribution in [0.25, 0.3) is 0 Å². The molecule has 1 aromatic carbocycles. The molecule has 0 bridgehead atoms. The van der Waals surface area contributed by atoms with Crippen molar-refractivity contribution in [3.05, 3.63) is 33.8 Å². The lowest BCUT2D eigenvalue weighted by Crippen LogP contribution is -2.50. The quantitative estimate of drug-likeness (QED) is 0.877. The summed E-state index contributed by atoms with van der Waals surface area (Å²) in [5, 5.41) is 12.4. The van der Waals surface area contributed by atoms with Gasteiger partial charge in [0.25, 0.3) is 5.91 Å². The number of carbonyl (C=O) groups excluding carboxylic acids is 1. The zero-order chi connectivity index (χ0) is 13.8. The topological polar surface area (TPSA) is 49.3 Å². The Labute approximate surface area is 117 Å². The molecule has 0 aliphatic carbocycles. The number of amides is 1. The summed E-state index contributed by atoms with van der Waals surface area (Å²) in [7, 11) is 0. The van der Waals surface area contributed by atoms with E-state index in [0.717, 1.165) is 10.0 Å². The molecule has 1 rings (SSSR count). The zero-order valence-electron chi connectivity index (χ0n) is 11.1. The molecule has 0 saturated carbocycles. The monoisotopic (exact) mass is 313 g/mol. The van der Waals surface area contributed by atoms with Gasteiger partial charge in [-0.2, -0.15) is 0 Å². The number of carbonyl (C=O) groups is 1. The normalized spacial score (nSPS) is 11.4. The fourth-order valence-corrected chi connectivity index (χ4v) is 2.12. The minimum Gasteiger partial charge on any atom is -0.394 e. The second-order valence-corrected chi connectivity index (χ2v) is 5.42. The van der Waals surface area contributed by atoms with Crippen molar-refractivity contribution in [1.82, 2.24) is 5.32 Å². The Morgan fingerprint density at radius 2 is 2.00 bits per heavy atom. The average Bonchev–Trinajstić information content (AvgIpc) is 2.39. The number of hydrogen-bond acceptors (Lipinski definition) is 2. The molecule has 4 heteroatoms. The maximum atomic E-state index is 12.2. The first kappa shape index (κ1) is 15.2. The summed E-state index contributed by atoms with van der Waals surface area (Å²) in [6.07, 6.45) is 1.41. The first-order chi connectivity index (χ1) is 8.48. The molecular formula is C14H20BrNO2. The van der Waals surface area contributed by atoms with Crippen LogP contribution in [0, 0.1) is 6.92 Å². The molecule has 0 saturated heterocycles. The number of aliphatic hydroxyl groups is 1. The summed E-state index contributed by atoms with van der Waals surface area (Å²) in [6, 6.07) is 5.50. The Hall–Kier alpha value is -0.870. The summed E-state index contributed by atoms with van der Waals surface area (Å²) < 4.78 is 0.915. The SMILES string of the molecule is CCC(CC)(CO)NC(=O)c1ccc(C)c(Br)c1. The van der Waals surface area contributed by atoms with E-state index in [0.29, 0.717) is 18.4 Å². The largest absolute Gasteiger partial charge is 0.394 e. The molecule has 1 aromatic rings. The maximum Gasteiger partial charge on any atom is 0.251 e. The highest BCUT2D eigenvalue weighted by Gasteiger charge is 2.27. The summed E-state index contributed by atoms with van der Waals surface area (Å²) in [5.41, 5.74) is 1.17. The molecule has 0 aliphatic heterocycles. The molecule has 18 heavy (non-hydrogen) atoms. The van der Waals surface area contributed by atoms with Crippen LogP contribution in [0.5, 0.6) is 0 Å². The van der Waals surface area contributed by atoms with Crippen molar-refractivity contribution < 1.29 is 9.90 Å². The Balaban J connectivity index is 2.90. The first-order valence-electron chi connectivity index (χ1n) is 6.17. The number of rotatable bonds is 5. The van der Waals surface area contributed by atoms with Crippen LogP contribution in [0.1, 0.15) is 42.6 Å². The van der Waals surface area contributed by atoms with E-state index < -0.39 is 5.54 Å². The number of benzene rings is 1. The number of halogens is 1. The smallest absolute Gasteiger partial charge is 0.251 e. The van der Waals surface area contributed by atoms with Crippen LogP contribution in [0.3, 0.4) is 0 Å². The molecule has 0 spiro atoms. The van der Waals surface area contributed by atoms with Gasteiger partial charge >= 0.3 is 0 Å². The molecule has 0 aliphatic rings. The molecule has 1 amide bonds. The highest BCUT2D eigenvalue weighted by atomic mass is 79.9. The van der Waals surface area contributed by atoms with Gasteiger partial charge in [0.1, 0.15) is 0 Å². The van der Waals surface area contributed by atoms with Crippen LogP contribution < -0.4 is 5.32 Å². The van der Waals surface area contributed by atoms with Crippen LogP contribution in [0.2, 0.25) is 0 Å². The summed E-state index contributed by atoms with van der Waals surface area (Å²) in [6.45, 7) is 5.86. The van der Waals surface area contributed by atoms with Gasteiger partial charge in [0, 0.05) is 10.0 Å². The van der Waals surface area contributed by atoms with Crippen molar-refractivity contribution in [2.45, 2.75) is 39.2 Å². The van der Waals surface area contributed by atoms with Crippen molar-refractivity contribution in [3.8, 4) is 0 Å². The Morgan fingerprint density at radius 3 is 2.44 bits per heavy atom. The lowest BCUT2D eigenvalue weighted by Gasteiger charge is -2.30. The van der Waals surface area contributed by atoms with E-state index in [1.54, 1.807) is 12.1 Å². The van der Waals surface area contributed by atoms with Gasteiger partial charge in [-0.15, -0.1) is 0 Å². The highest BCUT2D eigenvalue weighted by molar-refractivity contribution is 9.10. The Morgan fingerprint density at radius 1 is 1.39 bits per heavy atom. The lowest BCUT2D eigenvalue weighted by atomic mass is 9.93. The van der Waals surface area contributed by atoms with Gasteiger partial charge in [-0.05, 0) is 37.5 Å². The van der Waals surface area contributed by atoms with E-state index in [9.17, 15) is 9.90 Å². The van der Waals surface area contributed by atoms with E-state index in [1.165, 1.54) is 0 Å². The van der Waals surface area contributed by atoms with Crippen LogP contribution in [0.4, 0.5) is 0 Å². The molecular weight excluding hydrogens is 294 g/mol. The number of aliphatic hydroxyl groups excluding tert-OH is 1. The third-order valence-electron chi connectivity index (χ3n) is 3.47. The van der Waals surface area contributed by atoms with Crippen molar-refractivity contribution in [2.24, 2.45) is 0 Å². The van der Waals surface area contributed by atoms with Gasteiger partial charge in [-0.3, -0.25) is 4.79 Å². The minimum atomic E-state index is -0.519. The summed E-state index contributed by atoms with van der Waals surface area (Å²) >= 11 is 3.42. The van der Waals surface area contributed by atoms with Crippen LogP contribution in [-0.4, -0.2) is 23.2 Å². The fourth-order valence-electron chi connectivity index (χ4n) is 1.74. The highest BCUT2D eigenvalue weighted by Crippen LogP contribution is 2.19. The molecule has 0 atom stereocenters. The van der Waals surface area contributed by atoms with Crippen molar-refractivity contribution in [2.75, 3.05) is 6.61 Å². The van der Waals surface area contributed by atoms with Gasteiger partial charge in [-0.25, -0.2) is 0 Å². The molecule has 100 valence electrons. The molecule has 0 unspecified atom stereocenters. The molecule has 2 N–H and O–H groups in total. The molecule has 0 radical (unpaired) electrons. The second-order valence-electron chi connectivity index (χ2n) is 4.56. The summed E-state index contributed by atoms with van der Waals surface area (Å²) in [4.78, 5) is 12.2. The molecule has 3 nitrogen and oxygen atoms in total. The van der Waals surface area contributed by atoms with E-state index in [4.69, 9.17) is 0 Å². The van der Waals surface area contributed by atoms with Gasteiger partial charge in [0.15, 0.2) is 0 Å². The number of aryl methyl sites for hydroxylation is 1. The second kappa shape index (κ2) is 6.34. The maximum absolute atomic E-state index is 12.2. The Kier molecular flexibility index (Phi) is 5.35. The van der Waals surface area contributed by atoms with E-state index in [2.05, 4.69) is 21.2 Å². The zero-order valence-corrected chi connectivity index (χ0v) is 12.7. The first-order valence-corrected chi connectivity index (χ1v) is 6.97. The fraction of sp³-hybridized carbons (Fsp3) is 0.500. The predicted octanol–water partition coefficient (Wildman–Crippen LogP) is 3.04. The molecule has 0 heterocycles. The van der Waals surface area contributed by atoms with Crippen LogP contribution >= 0.6 is 15.9 Å². The third-order valence-corrected chi connectivity index (χ3v) is 4.32. The van der Waals surface area contributed by atoms with Gasteiger partial charge in [-0.1, -0.05) is 35.8 Å². The summed E-state index contributed by atoms with van der Waals surface area (Å²) in [5.74, 6) is -0.145. The van der Waals surface area contributed by atoms with Crippen molar-refractivity contribution in [3.63, 3.8) is 0 Å². The number of hydrogen-bond donors (Lipinski definition) is 2. The van der Waals surface area contributed by atoms with Crippen molar-refractivity contribution in [1.29, 1.82) is 0 Å².